The summed E-state index contributed by atoms with van der Waals surface area (Å²) in [5.41, 5.74) is 0.457. The van der Waals surface area contributed by atoms with E-state index in [2.05, 4.69) is 5.32 Å². The third-order valence-corrected chi connectivity index (χ3v) is 8.70. The van der Waals surface area contributed by atoms with E-state index in [1.165, 1.54) is 19.3 Å². The van der Waals surface area contributed by atoms with Gasteiger partial charge in [-0.2, -0.15) is 4.31 Å². The van der Waals surface area contributed by atoms with Crippen molar-refractivity contribution in [3.05, 3.63) is 18.2 Å². The highest BCUT2D eigenvalue weighted by Crippen LogP contribution is 2.49. The number of rotatable bonds is 7. The van der Waals surface area contributed by atoms with E-state index in [9.17, 15) is 13.2 Å². The second-order valence-corrected chi connectivity index (χ2v) is 10.7. The molecule has 6 nitrogen and oxygen atoms in total. The molecule has 2 bridgehead atoms. The molecule has 3 fully saturated rings. The van der Waals surface area contributed by atoms with E-state index >= 15 is 0 Å². The summed E-state index contributed by atoms with van der Waals surface area (Å²) in [6.45, 7) is 3.44. The van der Waals surface area contributed by atoms with Crippen LogP contribution < -0.4 is 10.1 Å². The highest BCUT2D eigenvalue weighted by atomic mass is 32.2. The average molecular weight is 421 g/mol. The number of carbonyl (C=O) groups is 1. The highest BCUT2D eigenvalue weighted by Gasteiger charge is 2.40. The predicted octanol–water partition coefficient (Wildman–Crippen LogP) is 4.02. The minimum Gasteiger partial charge on any atom is -0.492 e. The molecule has 1 aromatic rings. The van der Waals surface area contributed by atoms with Gasteiger partial charge in [-0.3, -0.25) is 4.79 Å². The Bertz CT molecular complexity index is 848. The molecule has 1 aliphatic heterocycles. The summed E-state index contributed by atoms with van der Waals surface area (Å²) in [5.74, 6) is 2.42. The molecule has 3 atom stereocenters. The monoisotopic (exact) mass is 420 g/mol. The van der Waals surface area contributed by atoms with Gasteiger partial charge in [0.25, 0.3) is 0 Å². The molecule has 7 heteroatoms. The molecule has 29 heavy (non-hydrogen) atoms. The topological polar surface area (TPSA) is 75.7 Å². The van der Waals surface area contributed by atoms with Crippen molar-refractivity contribution in [3.8, 4) is 5.75 Å². The number of anilines is 1. The van der Waals surface area contributed by atoms with Crippen molar-refractivity contribution in [2.75, 3.05) is 25.0 Å². The van der Waals surface area contributed by atoms with Crippen LogP contribution >= 0.6 is 0 Å². The first-order valence-electron chi connectivity index (χ1n) is 11.0. The second kappa shape index (κ2) is 8.64. The zero-order valence-electron chi connectivity index (χ0n) is 17.2. The average Bonchev–Trinajstić information content (AvgIpc) is 3.33. The fourth-order valence-corrected chi connectivity index (χ4v) is 6.91. The van der Waals surface area contributed by atoms with Gasteiger partial charge in [-0.25, -0.2) is 8.42 Å². The summed E-state index contributed by atoms with van der Waals surface area (Å²) in [6.07, 6.45) is 8.35. The fourth-order valence-electron chi connectivity index (χ4n) is 5.37. The van der Waals surface area contributed by atoms with Crippen LogP contribution in [-0.4, -0.2) is 38.3 Å². The molecule has 2 aliphatic carbocycles. The maximum Gasteiger partial charge on any atom is 0.243 e. The van der Waals surface area contributed by atoms with Crippen LogP contribution in [0, 0.1) is 17.8 Å². The molecular formula is C22H32N2O4S. The van der Waals surface area contributed by atoms with Gasteiger partial charge in [0.05, 0.1) is 17.2 Å². The molecule has 1 saturated heterocycles. The van der Waals surface area contributed by atoms with Gasteiger partial charge in [0.15, 0.2) is 0 Å². The molecule has 160 valence electrons. The number of ether oxygens (including phenoxy) is 1. The molecule has 1 aromatic carbocycles. The van der Waals surface area contributed by atoms with Gasteiger partial charge in [0.1, 0.15) is 5.75 Å². The van der Waals surface area contributed by atoms with Crippen molar-refractivity contribution in [2.24, 2.45) is 17.8 Å². The number of hydrogen-bond acceptors (Lipinski definition) is 4. The number of carbonyl (C=O) groups excluding carboxylic acids is 1. The summed E-state index contributed by atoms with van der Waals surface area (Å²) in [4.78, 5) is 13.0. The number of nitrogens with one attached hydrogen (secondary N) is 1. The largest absolute Gasteiger partial charge is 0.492 e. The smallest absolute Gasteiger partial charge is 0.243 e. The normalized spacial score (nSPS) is 27.1. The van der Waals surface area contributed by atoms with Crippen LogP contribution in [0.25, 0.3) is 0 Å². The SMILES string of the molecule is CCOc1ccc(S(=O)(=O)N2CCCCC2)cc1NC(=O)C[C@@H]1C[C@H]2CC[C@H]1C2. The maximum absolute atomic E-state index is 13.0. The van der Waals surface area contributed by atoms with E-state index in [0.29, 0.717) is 49.4 Å². The molecule has 1 heterocycles. The van der Waals surface area contributed by atoms with Crippen LogP contribution in [-0.2, 0) is 14.8 Å². The summed E-state index contributed by atoms with van der Waals surface area (Å²) in [5, 5.41) is 2.95. The fraction of sp³-hybridized carbons (Fsp3) is 0.682. The van der Waals surface area contributed by atoms with Crippen molar-refractivity contribution < 1.29 is 17.9 Å². The first-order valence-corrected chi connectivity index (χ1v) is 12.5. The van der Waals surface area contributed by atoms with Crippen molar-refractivity contribution >= 4 is 21.6 Å². The van der Waals surface area contributed by atoms with Gasteiger partial charge in [0.2, 0.25) is 15.9 Å². The van der Waals surface area contributed by atoms with E-state index < -0.39 is 10.0 Å². The molecule has 4 rings (SSSR count). The third-order valence-electron chi connectivity index (χ3n) is 6.81. The number of hydrogen-bond donors (Lipinski definition) is 1. The van der Waals surface area contributed by atoms with Crippen LogP contribution in [0.5, 0.6) is 5.75 Å². The van der Waals surface area contributed by atoms with Crippen LogP contribution in [0.2, 0.25) is 0 Å². The van der Waals surface area contributed by atoms with Gasteiger partial charge in [-0.05, 0) is 75.0 Å². The Morgan fingerprint density at radius 2 is 1.97 bits per heavy atom. The minimum absolute atomic E-state index is 0.0453. The van der Waals surface area contributed by atoms with E-state index in [0.717, 1.165) is 31.6 Å². The van der Waals surface area contributed by atoms with E-state index in [-0.39, 0.29) is 10.8 Å². The first-order chi connectivity index (χ1) is 14.0. The lowest BCUT2D eigenvalue weighted by molar-refractivity contribution is -0.117. The zero-order chi connectivity index (χ0) is 20.4. The van der Waals surface area contributed by atoms with Gasteiger partial charge >= 0.3 is 0 Å². The Labute approximate surface area is 174 Å². The molecule has 1 N–H and O–H groups in total. The van der Waals surface area contributed by atoms with Gasteiger partial charge in [0, 0.05) is 19.5 Å². The lowest BCUT2D eigenvalue weighted by atomic mass is 9.86. The quantitative estimate of drug-likeness (QED) is 0.723. The summed E-state index contributed by atoms with van der Waals surface area (Å²) >= 11 is 0. The Morgan fingerprint density at radius 1 is 1.17 bits per heavy atom. The Morgan fingerprint density at radius 3 is 2.62 bits per heavy atom. The van der Waals surface area contributed by atoms with E-state index in [1.54, 1.807) is 22.5 Å². The summed E-state index contributed by atoms with van der Waals surface area (Å²) < 4.78 is 33.3. The molecular weight excluding hydrogens is 388 g/mol. The minimum atomic E-state index is -3.55. The van der Waals surface area contributed by atoms with Crippen LogP contribution in [0.1, 0.15) is 58.3 Å². The summed E-state index contributed by atoms with van der Waals surface area (Å²) in [7, 11) is -3.55. The lowest BCUT2D eigenvalue weighted by Crippen LogP contribution is -2.35. The second-order valence-electron chi connectivity index (χ2n) is 8.74. The molecule has 1 amide bonds. The Kier molecular flexibility index (Phi) is 6.16. The Hall–Kier alpha value is -1.60. The van der Waals surface area contributed by atoms with Crippen molar-refractivity contribution in [2.45, 2.75) is 63.2 Å². The molecule has 0 radical (unpaired) electrons. The van der Waals surface area contributed by atoms with Crippen molar-refractivity contribution in [3.63, 3.8) is 0 Å². The van der Waals surface area contributed by atoms with Crippen LogP contribution in [0.4, 0.5) is 5.69 Å². The van der Waals surface area contributed by atoms with Gasteiger partial charge < -0.3 is 10.1 Å². The number of nitrogens with zero attached hydrogens (tertiary/aromatic N) is 1. The van der Waals surface area contributed by atoms with E-state index in [4.69, 9.17) is 4.74 Å². The highest BCUT2D eigenvalue weighted by molar-refractivity contribution is 7.89. The molecule has 0 spiro atoms. The van der Waals surface area contributed by atoms with Crippen molar-refractivity contribution in [1.82, 2.24) is 4.31 Å². The number of benzene rings is 1. The van der Waals surface area contributed by atoms with E-state index in [1.807, 2.05) is 6.92 Å². The van der Waals surface area contributed by atoms with Crippen molar-refractivity contribution in [1.29, 1.82) is 0 Å². The number of amides is 1. The molecule has 0 unspecified atom stereocenters. The molecule has 2 saturated carbocycles. The number of fused-ring (bicyclic) bond motifs is 2. The lowest BCUT2D eigenvalue weighted by Gasteiger charge is -2.26. The predicted molar refractivity (Wildman–Crippen MR) is 112 cm³/mol. The third kappa shape index (κ3) is 4.45. The standard InChI is InChI=1S/C22H32N2O4S/c1-2-28-21-9-8-19(29(26,27)24-10-4-3-5-11-24)15-20(21)23-22(25)14-18-13-16-6-7-17(18)12-16/h8-9,15-18H,2-7,10-14H2,1H3,(H,23,25)/t16-,17-,18-/m0/s1. The molecule has 3 aliphatic rings. The maximum atomic E-state index is 13.0. The summed E-state index contributed by atoms with van der Waals surface area (Å²) in [6, 6.07) is 4.81. The first kappa shape index (κ1) is 20.7. The Balaban J connectivity index is 1.51. The van der Waals surface area contributed by atoms with Gasteiger partial charge in [-0.15, -0.1) is 0 Å². The van der Waals surface area contributed by atoms with Crippen LogP contribution in [0.15, 0.2) is 23.1 Å². The zero-order valence-corrected chi connectivity index (χ0v) is 18.0. The number of piperidine rings is 1. The number of sulfonamides is 1. The van der Waals surface area contributed by atoms with Crippen LogP contribution in [0.3, 0.4) is 0 Å². The molecule has 0 aromatic heterocycles. The van der Waals surface area contributed by atoms with Gasteiger partial charge in [-0.1, -0.05) is 12.8 Å².